The molecule has 0 saturated carbocycles. The average molecular weight is 284 g/mol. The van der Waals surface area contributed by atoms with Gasteiger partial charge >= 0.3 is 6.09 Å². The lowest BCUT2D eigenvalue weighted by Gasteiger charge is -2.27. The normalized spacial score (nSPS) is 14.4. The summed E-state index contributed by atoms with van der Waals surface area (Å²) in [6.45, 7) is 6.88. The second kappa shape index (κ2) is 5.61. The van der Waals surface area contributed by atoms with E-state index in [0.717, 1.165) is 0 Å². The highest BCUT2D eigenvalue weighted by Gasteiger charge is 2.30. The zero-order valence-electron chi connectivity index (χ0n) is 11.5. The van der Waals surface area contributed by atoms with Crippen molar-refractivity contribution in [3.05, 3.63) is 34.9 Å². The third-order valence-electron chi connectivity index (χ3n) is 2.44. The minimum Gasteiger partial charge on any atom is -0.444 e. The molecule has 19 heavy (non-hydrogen) atoms. The van der Waals surface area contributed by atoms with Crippen LogP contribution in [0.4, 0.5) is 4.79 Å². The Hall–Kier alpha value is -1.55. The van der Waals surface area contributed by atoms with E-state index in [0.29, 0.717) is 16.9 Å². The number of aldehydes is 1. The SMILES string of the molecule is CC(C)(C)OC(=O)NC(C)(C=O)c1ccc(Cl)cc1. The van der Waals surface area contributed by atoms with Gasteiger partial charge in [-0.15, -0.1) is 0 Å². The van der Waals surface area contributed by atoms with Gasteiger partial charge in [0.05, 0.1) is 0 Å². The molecule has 5 heteroatoms. The van der Waals surface area contributed by atoms with E-state index in [-0.39, 0.29) is 0 Å². The van der Waals surface area contributed by atoms with E-state index in [4.69, 9.17) is 16.3 Å². The van der Waals surface area contributed by atoms with Crippen molar-refractivity contribution in [2.24, 2.45) is 0 Å². The van der Waals surface area contributed by atoms with Crippen molar-refractivity contribution in [3.8, 4) is 0 Å². The zero-order valence-corrected chi connectivity index (χ0v) is 12.2. The minimum atomic E-state index is -1.15. The predicted octanol–water partition coefficient (Wildman–Crippen LogP) is 3.28. The van der Waals surface area contributed by atoms with E-state index in [9.17, 15) is 9.59 Å². The smallest absolute Gasteiger partial charge is 0.408 e. The van der Waals surface area contributed by atoms with Crippen molar-refractivity contribution >= 4 is 24.0 Å². The molecule has 0 aliphatic heterocycles. The quantitative estimate of drug-likeness (QED) is 0.866. The molecule has 1 N–H and O–H groups in total. The maximum atomic E-state index is 11.8. The summed E-state index contributed by atoms with van der Waals surface area (Å²) in [6, 6.07) is 6.70. The maximum absolute atomic E-state index is 11.8. The fraction of sp³-hybridized carbons (Fsp3) is 0.429. The Balaban J connectivity index is 2.89. The van der Waals surface area contributed by atoms with Gasteiger partial charge in [-0.2, -0.15) is 0 Å². The number of ether oxygens (including phenoxy) is 1. The first-order chi connectivity index (χ1) is 8.66. The number of hydrogen-bond acceptors (Lipinski definition) is 3. The monoisotopic (exact) mass is 283 g/mol. The predicted molar refractivity (Wildman–Crippen MR) is 74.2 cm³/mol. The molecule has 1 amide bonds. The Kier molecular flexibility index (Phi) is 4.58. The molecule has 1 atom stereocenters. The van der Waals surface area contributed by atoms with Crippen LogP contribution < -0.4 is 5.32 Å². The van der Waals surface area contributed by atoms with E-state index in [1.165, 1.54) is 0 Å². The first kappa shape index (κ1) is 15.5. The van der Waals surface area contributed by atoms with E-state index < -0.39 is 17.2 Å². The second-order valence-electron chi connectivity index (χ2n) is 5.45. The summed E-state index contributed by atoms with van der Waals surface area (Å²) in [7, 11) is 0. The van der Waals surface area contributed by atoms with Gasteiger partial charge in [-0.25, -0.2) is 4.79 Å². The van der Waals surface area contributed by atoms with E-state index in [2.05, 4.69) is 5.32 Å². The molecule has 0 aromatic heterocycles. The Morgan fingerprint density at radius 3 is 2.16 bits per heavy atom. The van der Waals surface area contributed by atoms with Gasteiger partial charge in [-0.1, -0.05) is 23.7 Å². The standard InChI is InChI=1S/C14H18ClNO3/c1-13(2,3)19-12(18)16-14(4,9-17)10-5-7-11(15)8-6-10/h5-9H,1-4H3,(H,16,18). The Bertz CT molecular complexity index is 465. The summed E-state index contributed by atoms with van der Waals surface area (Å²) in [5.74, 6) is 0. The van der Waals surface area contributed by atoms with Crippen molar-refractivity contribution in [1.82, 2.24) is 5.32 Å². The van der Waals surface area contributed by atoms with Crippen LogP contribution in [0, 0.1) is 0 Å². The van der Waals surface area contributed by atoms with Gasteiger partial charge in [0.2, 0.25) is 0 Å². The van der Waals surface area contributed by atoms with Crippen LogP contribution >= 0.6 is 11.6 Å². The Morgan fingerprint density at radius 1 is 1.21 bits per heavy atom. The molecule has 104 valence electrons. The number of carbonyl (C=O) groups is 2. The highest BCUT2D eigenvalue weighted by atomic mass is 35.5. The van der Waals surface area contributed by atoms with Crippen LogP contribution in [0.3, 0.4) is 0 Å². The summed E-state index contributed by atoms with van der Waals surface area (Å²) >= 11 is 5.80. The number of halogens is 1. The van der Waals surface area contributed by atoms with Crippen LogP contribution in [0.15, 0.2) is 24.3 Å². The summed E-state index contributed by atoms with van der Waals surface area (Å²) in [5.41, 5.74) is -1.13. The molecule has 4 nitrogen and oxygen atoms in total. The van der Waals surface area contributed by atoms with Crippen LogP contribution in [0.1, 0.15) is 33.3 Å². The van der Waals surface area contributed by atoms with Crippen LogP contribution in [0.5, 0.6) is 0 Å². The summed E-state index contributed by atoms with van der Waals surface area (Å²) in [6.07, 6.45) is 0.0252. The van der Waals surface area contributed by atoms with Gasteiger partial charge in [-0.3, -0.25) is 0 Å². The first-order valence-corrected chi connectivity index (χ1v) is 6.28. The molecule has 1 rings (SSSR count). The highest BCUT2D eigenvalue weighted by Crippen LogP contribution is 2.21. The van der Waals surface area contributed by atoms with Crippen LogP contribution in [0.25, 0.3) is 0 Å². The molecule has 0 heterocycles. The zero-order chi connectivity index (χ0) is 14.7. The second-order valence-corrected chi connectivity index (χ2v) is 5.89. The Morgan fingerprint density at radius 2 is 1.74 bits per heavy atom. The number of nitrogens with one attached hydrogen (secondary N) is 1. The minimum absolute atomic E-state index is 0.564. The van der Waals surface area contributed by atoms with Crippen molar-refractivity contribution < 1.29 is 14.3 Å². The molecular weight excluding hydrogens is 266 g/mol. The molecule has 0 saturated heterocycles. The summed E-state index contributed by atoms with van der Waals surface area (Å²) in [4.78, 5) is 23.1. The third-order valence-corrected chi connectivity index (χ3v) is 2.69. The lowest BCUT2D eigenvalue weighted by molar-refractivity contribution is -0.113. The number of benzene rings is 1. The van der Waals surface area contributed by atoms with Crippen LogP contribution in [-0.2, 0) is 15.1 Å². The van der Waals surface area contributed by atoms with Crippen LogP contribution in [-0.4, -0.2) is 18.0 Å². The van der Waals surface area contributed by atoms with Gasteiger partial charge in [-0.05, 0) is 45.4 Å². The van der Waals surface area contributed by atoms with Gasteiger partial charge in [0.15, 0.2) is 0 Å². The van der Waals surface area contributed by atoms with Crippen molar-refractivity contribution in [3.63, 3.8) is 0 Å². The van der Waals surface area contributed by atoms with Crippen molar-refractivity contribution in [2.75, 3.05) is 0 Å². The van der Waals surface area contributed by atoms with E-state index in [1.54, 1.807) is 52.0 Å². The third kappa shape index (κ3) is 4.56. The summed E-state index contributed by atoms with van der Waals surface area (Å²) < 4.78 is 5.15. The average Bonchev–Trinajstić information content (AvgIpc) is 2.26. The molecule has 0 aliphatic carbocycles. The molecule has 0 radical (unpaired) electrons. The number of hydrogen-bond donors (Lipinski definition) is 1. The fourth-order valence-corrected chi connectivity index (χ4v) is 1.61. The molecule has 1 unspecified atom stereocenters. The van der Waals surface area contributed by atoms with Gasteiger partial charge in [0, 0.05) is 5.02 Å². The number of alkyl carbamates (subject to hydrolysis) is 1. The topological polar surface area (TPSA) is 55.4 Å². The van der Waals surface area contributed by atoms with E-state index >= 15 is 0 Å². The van der Waals surface area contributed by atoms with E-state index in [1.807, 2.05) is 0 Å². The van der Waals surface area contributed by atoms with Gasteiger partial charge in [0.1, 0.15) is 17.4 Å². The number of rotatable bonds is 3. The van der Waals surface area contributed by atoms with Crippen LogP contribution in [0.2, 0.25) is 5.02 Å². The highest BCUT2D eigenvalue weighted by molar-refractivity contribution is 6.30. The molecule has 0 spiro atoms. The van der Waals surface area contributed by atoms with Crippen molar-refractivity contribution in [1.29, 1.82) is 0 Å². The van der Waals surface area contributed by atoms with Crippen molar-refractivity contribution in [2.45, 2.75) is 38.8 Å². The molecule has 0 bridgehead atoms. The lowest BCUT2D eigenvalue weighted by atomic mass is 9.94. The molecule has 1 aromatic rings. The lowest BCUT2D eigenvalue weighted by Crippen LogP contribution is -2.46. The number of amides is 1. The first-order valence-electron chi connectivity index (χ1n) is 5.90. The Labute approximate surface area is 118 Å². The molecule has 1 aromatic carbocycles. The summed E-state index contributed by atoms with van der Waals surface area (Å²) in [5, 5.41) is 3.13. The molecule has 0 fully saturated rings. The molecular formula is C14H18ClNO3. The fourth-order valence-electron chi connectivity index (χ4n) is 1.48. The largest absolute Gasteiger partial charge is 0.444 e. The van der Waals surface area contributed by atoms with Gasteiger partial charge in [0.25, 0.3) is 0 Å². The number of carbonyl (C=O) groups excluding carboxylic acids is 2. The molecule has 0 aliphatic rings. The maximum Gasteiger partial charge on any atom is 0.408 e. The van der Waals surface area contributed by atoms with Gasteiger partial charge < -0.3 is 14.8 Å².